The van der Waals surface area contributed by atoms with Crippen LogP contribution in [0.5, 0.6) is 0 Å². The Morgan fingerprint density at radius 3 is 2.33 bits per heavy atom. The maximum Gasteiger partial charge on any atom is 0.223 e. The van der Waals surface area contributed by atoms with Gasteiger partial charge in [-0.2, -0.15) is 0 Å². The van der Waals surface area contributed by atoms with Crippen LogP contribution < -0.4 is 5.32 Å². The minimum Gasteiger partial charge on any atom is -0.350 e. The zero-order valence-corrected chi connectivity index (χ0v) is 11.6. The Bertz CT molecular complexity index is 220. The number of hydrogen-bond acceptors (Lipinski definition) is 1. The molecule has 2 nitrogen and oxygen atoms in total. The molecule has 0 spiro atoms. The highest BCUT2D eigenvalue weighted by molar-refractivity contribution is 9.09. The average molecular weight is 276 g/mol. The van der Waals surface area contributed by atoms with Gasteiger partial charge < -0.3 is 5.32 Å². The smallest absolute Gasteiger partial charge is 0.223 e. The number of halogens is 1. The lowest BCUT2D eigenvalue weighted by atomic mass is 9.82. The summed E-state index contributed by atoms with van der Waals surface area (Å²) in [5.74, 6) is 1.30. The van der Waals surface area contributed by atoms with E-state index in [-0.39, 0.29) is 17.4 Å². The third-order valence-electron chi connectivity index (χ3n) is 3.18. The molecule has 15 heavy (non-hydrogen) atoms. The monoisotopic (exact) mass is 275 g/mol. The molecule has 88 valence electrons. The second-order valence-corrected chi connectivity index (χ2v) is 6.02. The maximum absolute atomic E-state index is 11.9. The molecule has 1 aliphatic carbocycles. The molecule has 0 aromatic rings. The maximum atomic E-state index is 11.9. The summed E-state index contributed by atoms with van der Waals surface area (Å²) < 4.78 is 0. The van der Waals surface area contributed by atoms with Gasteiger partial charge in [-0.05, 0) is 45.4 Å². The second-order valence-electron chi connectivity index (χ2n) is 5.46. The number of amides is 1. The van der Waals surface area contributed by atoms with Crippen LogP contribution in [0.4, 0.5) is 0 Å². The van der Waals surface area contributed by atoms with E-state index in [4.69, 9.17) is 0 Å². The van der Waals surface area contributed by atoms with E-state index in [2.05, 4.69) is 28.2 Å². The summed E-state index contributed by atoms with van der Waals surface area (Å²) >= 11 is 3.42. The fourth-order valence-electron chi connectivity index (χ4n) is 1.99. The van der Waals surface area contributed by atoms with Crippen molar-refractivity contribution in [1.82, 2.24) is 5.32 Å². The Morgan fingerprint density at radius 1 is 1.33 bits per heavy atom. The van der Waals surface area contributed by atoms with Crippen LogP contribution >= 0.6 is 15.9 Å². The summed E-state index contributed by atoms with van der Waals surface area (Å²) in [5, 5.41) is 3.91. The van der Waals surface area contributed by atoms with Crippen molar-refractivity contribution in [2.75, 3.05) is 5.33 Å². The summed E-state index contributed by atoms with van der Waals surface area (Å²) in [6.07, 6.45) is 4.52. The highest BCUT2D eigenvalue weighted by atomic mass is 79.9. The Balaban J connectivity index is 2.41. The largest absolute Gasteiger partial charge is 0.350 e. The van der Waals surface area contributed by atoms with Gasteiger partial charge >= 0.3 is 0 Å². The van der Waals surface area contributed by atoms with Crippen molar-refractivity contribution in [3.63, 3.8) is 0 Å². The number of rotatable bonds is 3. The van der Waals surface area contributed by atoms with Crippen molar-refractivity contribution in [3.05, 3.63) is 0 Å². The van der Waals surface area contributed by atoms with Gasteiger partial charge in [0.1, 0.15) is 0 Å². The molecule has 0 heterocycles. The quantitative estimate of drug-likeness (QED) is 0.788. The molecule has 0 radical (unpaired) electrons. The van der Waals surface area contributed by atoms with E-state index in [0.29, 0.717) is 0 Å². The first-order chi connectivity index (χ1) is 6.94. The van der Waals surface area contributed by atoms with Gasteiger partial charge in [-0.25, -0.2) is 0 Å². The number of carbonyl (C=O) groups excluding carboxylic acids is 1. The van der Waals surface area contributed by atoms with E-state index in [1.165, 1.54) is 12.8 Å². The SMILES string of the molecule is CC1CCC(C(=O)NC(C)(C)CBr)CC1. The van der Waals surface area contributed by atoms with E-state index in [1.807, 2.05) is 13.8 Å². The van der Waals surface area contributed by atoms with Gasteiger partial charge in [0.15, 0.2) is 0 Å². The van der Waals surface area contributed by atoms with E-state index in [9.17, 15) is 4.79 Å². The number of nitrogens with one attached hydrogen (secondary N) is 1. The summed E-state index contributed by atoms with van der Waals surface area (Å²) in [4.78, 5) is 11.9. The molecular weight excluding hydrogens is 254 g/mol. The molecule has 0 aromatic carbocycles. The topological polar surface area (TPSA) is 29.1 Å². The van der Waals surface area contributed by atoms with Crippen LogP contribution in [0.1, 0.15) is 46.5 Å². The molecule has 1 amide bonds. The highest BCUT2D eigenvalue weighted by Gasteiger charge is 2.27. The molecular formula is C12H22BrNO. The van der Waals surface area contributed by atoms with Gasteiger partial charge in [0, 0.05) is 16.8 Å². The van der Waals surface area contributed by atoms with Crippen molar-refractivity contribution in [1.29, 1.82) is 0 Å². The van der Waals surface area contributed by atoms with Gasteiger partial charge in [-0.1, -0.05) is 22.9 Å². The normalized spacial score (nSPS) is 27.5. The second kappa shape index (κ2) is 5.33. The summed E-state index contributed by atoms with van der Waals surface area (Å²) in [6, 6.07) is 0. The van der Waals surface area contributed by atoms with Crippen molar-refractivity contribution in [2.45, 2.75) is 52.0 Å². The fraction of sp³-hybridized carbons (Fsp3) is 0.917. The van der Waals surface area contributed by atoms with E-state index < -0.39 is 0 Å². The lowest BCUT2D eigenvalue weighted by molar-refractivity contribution is -0.127. The summed E-state index contributed by atoms with van der Waals surface area (Å²) in [6.45, 7) is 6.37. The van der Waals surface area contributed by atoms with E-state index in [0.717, 1.165) is 24.1 Å². The number of alkyl halides is 1. The van der Waals surface area contributed by atoms with E-state index in [1.54, 1.807) is 0 Å². The fourth-order valence-corrected chi connectivity index (χ4v) is 2.13. The van der Waals surface area contributed by atoms with Crippen LogP contribution in [0.15, 0.2) is 0 Å². The van der Waals surface area contributed by atoms with Crippen LogP contribution in [0.25, 0.3) is 0 Å². The highest BCUT2D eigenvalue weighted by Crippen LogP contribution is 2.28. The number of carbonyl (C=O) groups is 1. The summed E-state index contributed by atoms with van der Waals surface area (Å²) in [5.41, 5.74) is -0.125. The minimum atomic E-state index is -0.125. The van der Waals surface area contributed by atoms with Crippen molar-refractivity contribution < 1.29 is 4.79 Å². The van der Waals surface area contributed by atoms with Gasteiger partial charge in [0.25, 0.3) is 0 Å². The van der Waals surface area contributed by atoms with Gasteiger partial charge in [-0.15, -0.1) is 0 Å². The predicted molar refractivity (Wildman–Crippen MR) is 67.1 cm³/mol. The van der Waals surface area contributed by atoms with Gasteiger partial charge in [0.2, 0.25) is 5.91 Å². The molecule has 1 aliphatic rings. The van der Waals surface area contributed by atoms with Crippen LogP contribution in [-0.2, 0) is 4.79 Å². The van der Waals surface area contributed by atoms with Gasteiger partial charge in [-0.3, -0.25) is 4.79 Å². The molecule has 1 N–H and O–H groups in total. The van der Waals surface area contributed by atoms with Crippen molar-refractivity contribution in [3.8, 4) is 0 Å². The Morgan fingerprint density at radius 2 is 1.87 bits per heavy atom. The average Bonchev–Trinajstić information content (AvgIpc) is 2.18. The van der Waals surface area contributed by atoms with Crippen LogP contribution in [0.3, 0.4) is 0 Å². The molecule has 3 heteroatoms. The zero-order chi connectivity index (χ0) is 11.5. The Labute approximate surface area is 101 Å². The molecule has 1 saturated carbocycles. The standard InChI is InChI=1S/C12H22BrNO/c1-9-4-6-10(7-5-9)11(15)14-12(2,3)8-13/h9-10H,4-8H2,1-3H3,(H,14,15). The first-order valence-electron chi connectivity index (χ1n) is 5.82. The van der Waals surface area contributed by atoms with Gasteiger partial charge in [0.05, 0.1) is 0 Å². The van der Waals surface area contributed by atoms with Crippen molar-refractivity contribution in [2.24, 2.45) is 11.8 Å². The molecule has 1 fully saturated rings. The lowest BCUT2D eigenvalue weighted by Crippen LogP contribution is -2.47. The molecule has 0 unspecified atom stereocenters. The lowest BCUT2D eigenvalue weighted by Gasteiger charge is -2.30. The molecule has 0 bridgehead atoms. The zero-order valence-electron chi connectivity index (χ0n) is 9.98. The van der Waals surface area contributed by atoms with Crippen LogP contribution in [-0.4, -0.2) is 16.8 Å². The van der Waals surface area contributed by atoms with Crippen LogP contribution in [0.2, 0.25) is 0 Å². The molecule has 0 aromatic heterocycles. The third kappa shape index (κ3) is 4.13. The molecule has 1 rings (SSSR count). The first-order valence-corrected chi connectivity index (χ1v) is 6.95. The first kappa shape index (κ1) is 13.0. The summed E-state index contributed by atoms with van der Waals surface area (Å²) in [7, 11) is 0. The number of hydrogen-bond donors (Lipinski definition) is 1. The Hall–Kier alpha value is -0.0500. The predicted octanol–water partition coefficient (Wildman–Crippen LogP) is 3.10. The molecule has 0 atom stereocenters. The van der Waals surface area contributed by atoms with Crippen LogP contribution in [0, 0.1) is 11.8 Å². The molecule has 0 saturated heterocycles. The minimum absolute atomic E-state index is 0.125. The van der Waals surface area contributed by atoms with E-state index >= 15 is 0 Å². The Kier molecular flexibility index (Phi) is 4.63. The molecule has 0 aliphatic heterocycles. The van der Waals surface area contributed by atoms with Crippen molar-refractivity contribution >= 4 is 21.8 Å². The third-order valence-corrected chi connectivity index (χ3v) is 4.58.